The van der Waals surface area contributed by atoms with Gasteiger partial charge in [0.05, 0.1) is 31.0 Å². The second kappa shape index (κ2) is 14.6. The number of nitrogens with one attached hydrogen (secondary N) is 4. The van der Waals surface area contributed by atoms with E-state index in [0.717, 1.165) is 61.6 Å². The summed E-state index contributed by atoms with van der Waals surface area (Å²) >= 11 is 0. The Morgan fingerprint density at radius 3 is 2.34 bits per heavy atom. The van der Waals surface area contributed by atoms with Gasteiger partial charge < -0.3 is 40.2 Å². The highest BCUT2D eigenvalue weighted by Gasteiger charge is 2.46. The van der Waals surface area contributed by atoms with Crippen molar-refractivity contribution in [2.75, 3.05) is 54.1 Å². The molecule has 3 aromatic rings. The molecule has 4 heterocycles. The van der Waals surface area contributed by atoms with E-state index in [1.54, 1.807) is 23.4 Å². The van der Waals surface area contributed by atoms with E-state index in [-0.39, 0.29) is 18.2 Å². The highest BCUT2D eigenvalue weighted by molar-refractivity contribution is 6.06. The summed E-state index contributed by atoms with van der Waals surface area (Å²) in [6.45, 7) is 8.47. The predicted molar refractivity (Wildman–Crippen MR) is 179 cm³/mol. The van der Waals surface area contributed by atoms with Crippen molar-refractivity contribution in [1.29, 1.82) is 5.41 Å². The Balaban J connectivity index is 0.987. The van der Waals surface area contributed by atoms with Crippen LogP contribution >= 0.6 is 0 Å². The number of rotatable bonds is 12. The fraction of sp³-hybridized carbons (Fsp3) is 0.394. The standard InChI is InChI=1S/C33H42N10O4/c1-3-25(2)39-32(44)42(24-34)29-6-4-27(5-7-29)40-16-18-41(19-17-40)28-8-10-30(11-9-28)45-21-31-22-46-33(47-31,23-43-37-14-15-38-43)26-12-13-35-36-20-26/h4-15,20,24-25,31,34-36H,3,16-19,21-23H2,1-2H3,(H,39,44). The van der Waals surface area contributed by atoms with E-state index >= 15 is 0 Å². The lowest BCUT2D eigenvalue weighted by Crippen LogP contribution is -2.46. The summed E-state index contributed by atoms with van der Waals surface area (Å²) in [6.07, 6.45) is 10.4. The second-order valence-electron chi connectivity index (χ2n) is 11.6. The highest BCUT2D eigenvalue weighted by Crippen LogP contribution is 2.34. The number of hydrogen-bond acceptors (Lipinski definition) is 11. The molecule has 4 N–H and O–H groups in total. The predicted octanol–water partition coefficient (Wildman–Crippen LogP) is 3.22. The van der Waals surface area contributed by atoms with Gasteiger partial charge >= 0.3 is 6.03 Å². The number of carbonyl (C=O) groups excluding carboxylic acids is 1. The van der Waals surface area contributed by atoms with E-state index < -0.39 is 5.79 Å². The smallest absolute Gasteiger partial charge is 0.327 e. The van der Waals surface area contributed by atoms with Gasteiger partial charge in [-0.2, -0.15) is 15.0 Å². The molecule has 3 aliphatic rings. The van der Waals surface area contributed by atoms with Crippen LogP contribution < -0.4 is 35.6 Å². The highest BCUT2D eigenvalue weighted by atomic mass is 16.8. The molecule has 0 radical (unpaired) electrons. The quantitative estimate of drug-likeness (QED) is 0.172. The number of benzene rings is 2. The minimum absolute atomic E-state index is 0.0438. The van der Waals surface area contributed by atoms with Crippen LogP contribution in [0.4, 0.5) is 21.9 Å². The van der Waals surface area contributed by atoms with Crippen LogP contribution in [0, 0.1) is 5.41 Å². The Morgan fingerprint density at radius 2 is 1.74 bits per heavy atom. The Hall–Kier alpha value is -5.08. The van der Waals surface area contributed by atoms with Crippen molar-refractivity contribution in [3.05, 3.63) is 85.0 Å². The van der Waals surface area contributed by atoms with Crippen LogP contribution in [0.25, 0.3) is 0 Å². The topological polar surface area (TPSA) is 145 Å². The first-order valence-electron chi connectivity index (χ1n) is 15.9. The minimum Gasteiger partial charge on any atom is -0.491 e. The number of hydrogen-bond donors (Lipinski definition) is 4. The van der Waals surface area contributed by atoms with E-state index in [4.69, 9.17) is 19.6 Å². The third-order valence-electron chi connectivity index (χ3n) is 8.51. The number of urea groups is 1. The third kappa shape index (κ3) is 7.50. The van der Waals surface area contributed by atoms with Gasteiger partial charge in [0.15, 0.2) is 0 Å². The van der Waals surface area contributed by atoms with Gasteiger partial charge in [-0.3, -0.25) is 10.3 Å². The first kappa shape index (κ1) is 31.9. The van der Waals surface area contributed by atoms with Crippen molar-refractivity contribution < 1.29 is 19.0 Å². The number of ether oxygens (including phenoxy) is 3. The Bertz CT molecular complexity index is 1540. The second-order valence-corrected chi connectivity index (χ2v) is 11.6. The van der Waals surface area contributed by atoms with Gasteiger partial charge in [0.25, 0.3) is 0 Å². The monoisotopic (exact) mass is 642 g/mol. The van der Waals surface area contributed by atoms with E-state index in [0.29, 0.717) is 25.4 Å². The molecule has 248 valence electrons. The molecule has 0 saturated carbocycles. The van der Waals surface area contributed by atoms with Crippen molar-refractivity contribution in [3.63, 3.8) is 0 Å². The van der Waals surface area contributed by atoms with Gasteiger partial charge in [0, 0.05) is 61.6 Å². The molecule has 2 amide bonds. The molecule has 3 unspecified atom stereocenters. The molecule has 2 saturated heterocycles. The van der Waals surface area contributed by atoms with E-state index in [2.05, 4.69) is 48.3 Å². The molecule has 0 spiro atoms. The lowest BCUT2D eigenvalue weighted by Gasteiger charge is -2.37. The molecular weight excluding hydrogens is 600 g/mol. The molecule has 0 aliphatic carbocycles. The number of anilines is 3. The van der Waals surface area contributed by atoms with Crippen molar-refractivity contribution >= 4 is 29.4 Å². The molecule has 2 aromatic carbocycles. The number of nitrogens with zero attached hydrogens (tertiary/aromatic N) is 6. The van der Waals surface area contributed by atoms with E-state index in [9.17, 15) is 4.79 Å². The zero-order valence-electron chi connectivity index (χ0n) is 26.7. The normalized spacial score (nSPS) is 21.3. The number of amides is 2. The maximum Gasteiger partial charge on any atom is 0.327 e. The molecule has 47 heavy (non-hydrogen) atoms. The average Bonchev–Trinajstić information content (AvgIpc) is 3.79. The average molecular weight is 643 g/mol. The Kier molecular flexibility index (Phi) is 9.88. The number of carbonyl (C=O) groups is 1. The van der Waals surface area contributed by atoms with Crippen molar-refractivity contribution in [3.8, 4) is 5.75 Å². The molecule has 14 nitrogen and oxygen atoms in total. The van der Waals surface area contributed by atoms with Crippen molar-refractivity contribution in [2.24, 2.45) is 0 Å². The number of hydrazine groups is 1. The molecule has 3 aliphatic heterocycles. The van der Waals surface area contributed by atoms with Crippen LogP contribution in [0.1, 0.15) is 20.3 Å². The summed E-state index contributed by atoms with van der Waals surface area (Å²) in [7, 11) is 0. The molecule has 0 bridgehead atoms. The van der Waals surface area contributed by atoms with Crippen LogP contribution in [0.3, 0.4) is 0 Å². The summed E-state index contributed by atoms with van der Waals surface area (Å²) in [6, 6.07) is 15.7. The lowest BCUT2D eigenvalue weighted by atomic mass is 10.1. The number of piperazine rings is 1. The SMILES string of the molecule is CCC(C)NC(=O)N(C=N)c1ccc(N2CCN(c3ccc(OCC4COC(Cn5nccn5)(C5=CNNC=C5)O4)cc3)CC2)cc1. The molecule has 3 atom stereocenters. The summed E-state index contributed by atoms with van der Waals surface area (Å²) in [5.41, 5.74) is 9.63. The van der Waals surface area contributed by atoms with Crippen LogP contribution in [0.5, 0.6) is 5.75 Å². The summed E-state index contributed by atoms with van der Waals surface area (Å²) in [5, 5.41) is 19.1. The van der Waals surface area contributed by atoms with Gasteiger partial charge in [-0.05, 0) is 68.0 Å². The van der Waals surface area contributed by atoms with Gasteiger partial charge in [-0.15, -0.1) is 0 Å². The fourth-order valence-electron chi connectivity index (χ4n) is 5.69. The minimum atomic E-state index is -1.03. The van der Waals surface area contributed by atoms with Gasteiger partial charge in [-0.1, -0.05) is 6.92 Å². The summed E-state index contributed by atoms with van der Waals surface area (Å²) in [5.74, 6) is -0.265. The number of aromatic nitrogens is 3. The van der Waals surface area contributed by atoms with E-state index in [1.807, 2.05) is 62.5 Å². The van der Waals surface area contributed by atoms with Gasteiger partial charge in [0.2, 0.25) is 5.79 Å². The maximum absolute atomic E-state index is 12.6. The maximum atomic E-state index is 12.6. The van der Waals surface area contributed by atoms with Crippen molar-refractivity contribution in [2.45, 2.75) is 44.7 Å². The molecule has 1 aromatic heterocycles. The Labute approximate surface area is 274 Å². The first-order valence-corrected chi connectivity index (χ1v) is 15.9. The zero-order chi connectivity index (χ0) is 32.6. The van der Waals surface area contributed by atoms with Crippen molar-refractivity contribution in [1.82, 2.24) is 31.2 Å². The van der Waals surface area contributed by atoms with Crippen LogP contribution in [0.15, 0.2) is 85.0 Å². The fourth-order valence-corrected chi connectivity index (χ4v) is 5.69. The van der Waals surface area contributed by atoms with Crippen LogP contribution in [0.2, 0.25) is 0 Å². The largest absolute Gasteiger partial charge is 0.491 e. The molecular formula is C33H42N10O4. The third-order valence-corrected chi connectivity index (χ3v) is 8.51. The zero-order valence-corrected chi connectivity index (χ0v) is 26.7. The molecule has 14 heteroatoms. The molecule has 6 rings (SSSR count). The van der Waals surface area contributed by atoms with Crippen LogP contribution in [-0.2, 0) is 16.0 Å². The van der Waals surface area contributed by atoms with Crippen LogP contribution in [-0.4, -0.2) is 84.7 Å². The van der Waals surface area contributed by atoms with Gasteiger partial charge in [-0.25, -0.2) is 4.79 Å². The summed E-state index contributed by atoms with van der Waals surface area (Å²) in [4.78, 5) is 20.1. The van der Waals surface area contributed by atoms with Gasteiger partial charge in [0.1, 0.15) is 25.0 Å². The first-order chi connectivity index (χ1) is 23.0. The molecule has 2 fully saturated rings. The lowest BCUT2D eigenvalue weighted by molar-refractivity contribution is -0.152. The summed E-state index contributed by atoms with van der Waals surface area (Å²) < 4.78 is 18.8. The van der Waals surface area contributed by atoms with E-state index in [1.165, 1.54) is 4.90 Å². The Morgan fingerprint density at radius 1 is 1.09 bits per heavy atom.